The number of nitrogens with zero attached hydrogens (tertiary/aromatic N) is 1. The monoisotopic (exact) mass is 282 g/mol. The van der Waals surface area contributed by atoms with Crippen LogP contribution >= 0.6 is 0 Å². The Kier molecular flexibility index (Phi) is 3.94. The molecule has 1 aromatic carbocycles. The van der Waals surface area contributed by atoms with Gasteiger partial charge < -0.3 is 10.8 Å². The number of aromatic nitrogens is 1. The highest BCUT2D eigenvalue weighted by molar-refractivity contribution is 5.50. The zero-order valence-corrected chi connectivity index (χ0v) is 10.4. The minimum atomic E-state index is -4.46. The number of aliphatic hydroxyl groups is 1. The second kappa shape index (κ2) is 5.50. The van der Waals surface area contributed by atoms with Crippen LogP contribution in [0.4, 0.5) is 18.9 Å². The summed E-state index contributed by atoms with van der Waals surface area (Å²) in [6.07, 6.45) is -2.29. The Labute approximate surface area is 113 Å². The molecule has 0 aliphatic rings. The van der Waals surface area contributed by atoms with Crippen molar-refractivity contribution in [2.75, 3.05) is 5.73 Å². The third-order valence-electron chi connectivity index (χ3n) is 2.92. The Balaban J connectivity index is 2.27. The summed E-state index contributed by atoms with van der Waals surface area (Å²) in [5.41, 5.74) is 5.74. The molecule has 2 rings (SSSR count). The first-order chi connectivity index (χ1) is 9.38. The van der Waals surface area contributed by atoms with Gasteiger partial charge in [0.15, 0.2) is 0 Å². The van der Waals surface area contributed by atoms with Crippen molar-refractivity contribution in [3.63, 3.8) is 0 Å². The van der Waals surface area contributed by atoms with Crippen LogP contribution in [-0.4, -0.2) is 10.1 Å². The van der Waals surface area contributed by atoms with Crippen LogP contribution in [0.2, 0.25) is 0 Å². The molecule has 0 spiro atoms. The SMILES string of the molecule is Nc1ccc(C(F)(F)F)cc1C(O)Cc1cccnc1. The van der Waals surface area contributed by atoms with Gasteiger partial charge >= 0.3 is 6.18 Å². The molecule has 0 saturated carbocycles. The Bertz CT molecular complexity index is 585. The van der Waals surface area contributed by atoms with Crippen molar-refractivity contribution in [3.05, 3.63) is 59.4 Å². The normalized spacial score (nSPS) is 13.2. The zero-order valence-electron chi connectivity index (χ0n) is 10.4. The second-order valence-corrected chi connectivity index (χ2v) is 4.42. The van der Waals surface area contributed by atoms with E-state index in [2.05, 4.69) is 4.98 Å². The molecule has 3 nitrogen and oxygen atoms in total. The Morgan fingerprint density at radius 2 is 2.00 bits per heavy atom. The molecule has 1 atom stereocenters. The maximum absolute atomic E-state index is 12.7. The number of nitrogen functional groups attached to an aromatic ring is 1. The molecule has 6 heteroatoms. The molecule has 0 saturated heterocycles. The van der Waals surface area contributed by atoms with E-state index in [0.29, 0.717) is 0 Å². The number of benzene rings is 1. The fraction of sp³-hybridized carbons (Fsp3) is 0.214. The summed E-state index contributed by atoms with van der Waals surface area (Å²) < 4.78 is 38.0. The average Bonchev–Trinajstić information content (AvgIpc) is 2.39. The quantitative estimate of drug-likeness (QED) is 0.851. The molecule has 3 N–H and O–H groups in total. The lowest BCUT2D eigenvalue weighted by molar-refractivity contribution is -0.137. The zero-order chi connectivity index (χ0) is 14.8. The molecular weight excluding hydrogens is 269 g/mol. The fourth-order valence-corrected chi connectivity index (χ4v) is 1.89. The van der Waals surface area contributed by atoms with Crippen LogP contribution in [0.25, 0.3) is 0 Å². The number of pyridine rings is 1. The Morgan fingerprint density at radius 1 is 1.25 bits per heavy atom. The molecule has 1 heterocycles. The highest BCUT2D eigenvalue weighted by atomic mass is 19.4. The van der Waals surface area contributed by atoms with Crippen molar-refractivity contribution >= 4 is 5.69 Å². The minimum absolute atomic E-state index is 0.0729. The lowest BCUT2D eigenvalue weighted by Gasteiger charge is -2.16. The molecular formula is C14H13F3N2O. The van der Waals surface area contributed by atoms with Gasteiger partial charge in [-0.3, -0.25) is 4.98 Å². The summed E-state index contributed by atoms with van der Waals surface area (Å²) in [6.45, 7) is 0. The Morgan fingerprint density at radius 3 is 2.60 bits per heavy atom. The number of nitrogens with two attached hydrogens (primary N) is 1. The van der Waals surface area contributed by atoms with E-state index in [0.717, 1.165) is 23.8 Å². The molecule has 0 bridgehead atoms. The van der Waals surface area contributed by atoms with Crippen LogP contribution < -0.4 is 5.73 Å². The van der Waals surface area contributed by atoms with Gasteiger partial charge in [0.25, 0.3) is 0 Å². The first-order valence-electron chi connectivity index (χ1n) is 5.91. The minimum Gasteiger partial charge on any atom is -0.398 e. The molecule has 2 aromatic rings. The number of alkyl halides is 3. The van der Waals surface area contributed by atoms with Gasteiger partial charge in [-0.25, -0.2) is 0 Å². The van der Waals surface area contributed by atoms with Crippen LogP contribution in [0, 0.1) is 0 Å². The van der Waals surface area contributed by atoms with Gasteiger partial charge in [0.05, 0.1) is 11.7 Å². The Hall–Kier alpha value is -2.08. The first-order valence-corrected chi connectivity index (χ1v) is 5.91. The van der Waals surface area contributed by atoms with E-state index in [9.17, 15) is 18.3 Å². The summed E-state index contributed by atoms with van der Waals surface area (Å²) in [4.78, 5) is 3.89. The standard InChI is InChI=1S/C14H13F3N2O/c15-14(16,17)10-3-4-12(18)11(7-10)13(20)6-9-2-1-5-19-8-9/h1-5,7-8,13,20H,6,18H2. The van der Waals surface area contributed by atoms with E-state index in [-0.39, 0.29) is 17.7 Å². The molecule has 106 valence electrons. The highest BCUT2D eigenvalue weighted by Gasteiger charge is 2.31. The van der Waals surface area contributed by atoms with Crippen LogP contribution in [0.1, 0.15) is 22.8 Å². The summed E-state index contributed by atoms with van der Waals surface area (Å²) >= 11 is 0. The molecule has 20 heavy (non-hydrogen) atoms. The molecule has 1 aromatic heterocycles. The van der Waals surface area contributed by atoms with Gasteiger partial charge in [0.2, 0.25) is 0 Å². The van der Waals surface area contributed by atoms with Crippen molar-refractivity contribution < 1.29 is 18.3 Å². The van der Waals surface area contributed by atoms with Gasteiger partial charge in [-0.15, -0.1) is 0 Å². The average molecular weight is 282 g/mol. The predicted molar refractivity (Wildman–Crippen MR) is 68.8 cm³/mol. The lowest BCUT2D eigenvalue weighted by atomic mass is 9.99. The number of halogens is 3. The number of hydrogen-bond donors (Lipinski definition) is 2. The molecule has 0 aliphatic carbocycles. The van der Waals surface area contributed by atoms with Gasteiger partial charge in [0.1, 0.15) is 0 Å². The fourth-order valence-electron chi connectivity index (χ4n) is 1.89. The summed E-state index contributed by atoms with van der Waals surface area (Å²) in [7, 11) is 0. The molecule has 0 aliphatic heterocycles. The van der Waals surface area contributed by atoms with E-state index < -0.39 is 17.8 Å². The summed E-state index contributed by atoms with van der Waals surface area (Å²) in [5, 5.41) is 10.1. The van der Waals surface area contributed by atoms with E-state index in [1.807, 2.05) is 0 Å². The van der Waals surface area contributed by atoms with E-state index >= 15 is 0 Å². The number of hydrogen-bond acceptors (Lipinski definition) is 3. The van der Waals surface area contributed by atoms with Crippen molar-refractivity contribution in [3.8, 4) is 0 Å². The van der Waals surface area contributed by atoms with E-state index in [4.69, 9.17) is 5.73 Å². The second-order valence-electron chi connectivity index (χ2n) is 4.42. The summed E-state index contributed by atoms with van der Waals surface area (Å²) in [6, 6.07) is 6.37. The third-order valence-corrected chi connectivity index (χ3v) is 2.92. The van der Waals surface area contributed by atoms with Crippen molar-refractivity contribution in [2.45, 2.75) is 18.7 Å². The highest BCUT2D eigenvalue weighted by Crippen LogP contribution is 2.33. The molecule has 0 radical (unpaired) electrons. The molecule has 0 amide bonds. The number of rotatable bonds is 3. The van der Waals surface area contributed by atoms with Crippen LogP contribution in [0.5, 0.6) is 0 Å². The molecule has 1 unspecified atom stereocenters. The third kappa shape index (κ3) is 3.27. The van der Waals surface area contributed by atoms with Crippen LogP contribution in [0.3, 0.4) is 0 Å². The maximum atomic E-state index is 12.7. The van der Waals surface area contributed by atoms with Gasteiger partial charge in [-0.05, 0) is 29.8 Å². The van der Waals surface area contributed by atoms with Crippen molar-refractivity contribution in [2.24, 2.45) is 0 Å². The van der Waals surface area contributed by atoms with Crippen molar-refractivity contribution in [1.29, 1.82) is 0 Å². The van der Waals surface area contributed by atoms with Gasteiger partial charge in [0, 0.05) is 30.1 Å². The predicted octanol–water partition coefficient (Wildman–Crippen LogP) is 2.96. The number of anilines is 1. The van der Waals surface area contributed by atoms with Crippen LogP contribution in [-0.2, 0) is 12.6 Å². The van der Waals surface area contributed by atoms with Crippen LogP contribution in [0.15, 0.2) is 42.7 Å². The van der Waals surface area contributed by atoms with E-state index in [1.54, 1.807) is 24.5 Å². The lowest BCUT2D eigenvalue weighted by Crippen LogP contribution is -2.10. The first kappa shape index (κ1) is 14.3. The van der Waals surface area contributed by atoms with Gasteiger partial charge in [-0.2, -0.15) is 13.2 Å². The van der Waals surface area contributed by atoms with E-state index in [1.165, 1.54) is 0 Å². The van der Waals surface area contributed by atoms with Crippen molar-refractivity contribution in [1.82, 2.24) is 4.98 Å². The van der Waals surface area contributed by atoms with Gasteiger partial charge in [-0.1, -0.05) is 6.07 Å². The largest absolute Gasteiger partial charge is 0.416 e. The summed E-state index contributed by atoms with van der Waals surface area (Å²) in [5.74, 6) is 0. The molecule has 0 fully saturated rings. The maximum Gasteiger partial charge on any atom is 0.416 e. The number of aliphatic hydroxyl groups excluding tert-OH is 1. The smallest absolute Gasteiger partial charge is 0.398 e. The topological polar surface area (TPSA) is 59.1 Å².